The van der Waals surface area contributed by atoms with Gasteiger partial charge in [0, 0.05) is 147 Å². The molecule has 14 atom stereocenters. The number of hydrogen-bond acceptors (Lipinski definition) is 19. The van der Waals surface area contributed by atoms with Gasteiger partial charge in [-0.3, -0.25) is 45.0 Å². The van der Waals surface area contributed by atoms with Gasteiger partial charge in [0.2, 0.25) is 11.4 Å². The van der Waals surface area contributed by atoms with Crippen LogP contribution in [0.2, 0.25) is 0 Å². The van der Waals surface area contributed by atoms with Crippen LogP contribution >= 0.6 is 0 Å². The lowest BCUT2D eigenvalue weighted by atomic mass is 9.48. The highest BCUT2D eigenvalue weighted by atomic mass is 16.7. The van der Waals surface area contributed by atoms with Crippen LogP contribution in [0.3, 0.4) is 0 Å². The van der Waals surface area contributed by atoms with Crippen LogP contribution in [0.1, 0.15) is 336 Å². The number of carbonyl (C=O) groups is 4. The molecule has 722 valence electrons. The molecule has 14 aliphatic carbocycles. The smallest absolute Gasteiger partial charge is 0.226 e. The molecular weight excluding hydrogens is 1690 g/mol. The Bertz CT molecular complexity index is 5900. The van der Waals surface area contributed by atoms with E-state index < -0.39 is 22.0 Å². The first-order valence-corrected chi connectivity index (χ1v) is 49.0. The van der Waals surface area contributed by atoms with Gasteiger partial charge in [0.15, 0.2) is 28.9 Å². The summed E-state index contributed by atoms with van der Waals surface area (Å²) in [5.74, 6) is 3.70. The second-order valence-electron chi connectivity index (χ2n) is 47.5. The number of aromatic nitrogens is 13. The van der Waals surface area contributed by atoms with E-state index in [1.54, 1.807) is 0 Å². The van der Waals surface area contributed by atoms with Crippen LogP contribution in [0.5, 0.6) is 0 Å². The summed E-state index contributed by atoms with van der Waals surface area (Å²) in [6, 6.07) is 0. The molecule has 23 rings (SSSR count). The summed E-state index contributed by atoms with van der Waals surface area (Å²) in [5, 5.41) is 77.4. The first-order valence-electron chi connectivity index (χ1n) is 50.0. The molecule has 7 fully saturated rings. The number of aryl methyl sites for hydroxylation is 6. The molecule has 0 aromatic carbocycles. The number of ketones is 4. The van der Waals surface area contributed by atoms with E-state index in [2.05, 4.69) is 187 Å². The number of carbonyl (C=O) groups excluding carboxylic acids is 4. The third kappa shape index (κ3) is 14.6. The molecule has 0 unspecified atom stereocenters. The highest BCUT2D eigenvalue weighted by Gasteiger charge is 2.68. The van der Waals surface area contributed by atoms with Gasteiger partial charge in [-0.25, -0.2) is 9.69 Å². The number of H-pyrrole nitrogens is 6. The quantitative estimate of drug-likeness (QED) is 0.0387. The van der Waals surface area contributed by atoms with Crippen LogP contribution in [0, 0.1) is 92.5 Å². The second kappa shape index (κ2) is 33.9. The van der Waals surface area contributed by atoms with E-state index >= 15 is 0 Å². The fourth-order valence-corrected chi connectivity index (χ4v) is 31.3. The van der Waals surface area contributed by atoms with Crippen LogP contribution in [0.15, 0.2) is 94.8 Å². The summed E-state index contributed by atoms with van der Waals surface area (Å²) in [4.78, 5) is 56.7. The van der Waals surface area contributed by atoms with Crippen molar-refractivity contribution in [2.75, 3.05) is 26.4 Å². The molecule has 2 saturated heterocycles. The van der Waals surface area contributed by atoms with Crippen molar-refractivity contribution in [2.45, 2.75) is 350 Å². The molecular formula is C107H147N15O12. The lowest BCUT2D eigenvalue weighted by Gasteiger charge is -2.59. The topological polar surface area (TPSA) is 373 Å². The summed E-state index contributed by atoms with van der Waals surface area (Å²) in [5.41, 5.74) is 16.2. The van der Waals surface area contributed by atoms with Gasteiger partial charge in [-0.2, -0.15) is 30.6 Å². The summed E-state index contributed by atoms with van der Waals surface area (Å²) < 4.78 is 35.5. The molecule has 0 radical (unpaired) electrons. The van der Waals surface area contributed by atoms with Crippen molar-refractivity contribution < 1.29 is 59.3 Å². The molecule has 2 spiro atoms. The highest BCUT2D eigenvalue weighted by molar-refractivity contribution is 6.03. The number of fused-ring (bicyclic) bond motifs is 20. The highest BCUT2D eigenvalue weighted by Crippen LogP contribution is 2.67. The van der Waals surface area contributed by atoms with Crippen molar-refractivity contribution in [3.8, 4) is 0 Å². The van der Waals surface area contributed by atoms with Crippen molar-refractivity contribution in [3.63, 3.8) is 0 Å². The van der Waals surface area contributed by atoms with E-state index in [-0.39, 0.29) is 112 Å². The number of nitrogens with zero attached hydrogens (tertiary/aromatic N) is 9. The van der Waals surface area contributed by atoms with Crippen molar-refractivity contribution in [2.24, 2.45) is 79.3 Å². The zero-order valence-corrected chi connectivity index (χ0v) is 83.4. The van der Waals surface area contributed by atoms with Crippen LogP contribution in [0.25, 0.3) is 9.69 Å². The molecule has 9 heterocycles. The minimum Gasteiger partial charge on any atom is -0.523 e. The normalized spacial score (nSPS) is 34.8. The predicted molar refractivity (Wildman–Crippen MR) is 509 cm³/mol. The van der Waals surface area contributed by atoms with Gasteiger partial charge in [0.1, 0.15) is 17.3 Å². The lowest BCUT2D eigenvalue weighted by molar-refractivity contribution is -0.281. The SMILES string of the molecule is CC1(C)C(=O)/C(=C\O)C[C@]2(C)c3[nH]ncc3CC[C@@H]12.CC1(C)C(=O)CC[C@]2(C)c3[nH]ncc3CC[C@@H]12.CC1(C)[C@@H]2CC/C(=C\O)C(=O)[C@@]2(C)CCC12OCCO2.CC1(C)[C@@H]2CCc3cn[nH]c3[C@@]2(C)CCC12OCCO2.CC1(C)c2oncc2C[C@]2(C)c3[nH]ncc3CC[C@@H]12.[3H]C.[C-]#[N+]C1=C(O)C(C)(C)[C@@H]2CCc3cn[nH]c3[C@@]2(C)C1.[C-]#[N+]C1=C[C@]2(C)c3[nH]ncc3CC[C@H]2C(C)(C)C1=O. The molecule has 0 amide bonds. The molecule has 9 N–H and O–H groups in total. The summed E-state index contributed by atoms with van der Waals surface area (Å²) in [7, 11) is 1.25. The van der Waals surface area contributed by atoms with E-state index in [1.807, 2.05) is 84.1 Å². The average Bonchev–Trinajstić information content (AvgIpc) is 1.67. The number of ether oxygens (including phenoxy) is 4. The third-order valence-electron chi connectivity index (χ3n) is 38.3. The largest absolute Gasteiger partial charge is 0.523 e. The monoisotopic (exact) mass is 1840 g/mol. The Morgan fingerprint density at radius 3 is 1.20 bits per heavy atom. The maximum absolute atomic E-state index is 12.7. The molecule has 2 aliphatic heterocycles. The number of rotatable bonds is 0. The van der Waals surface area contributed by atoms with Gasteiger partial charge in [-0.1, -0.05) is 164 Å². The van der Waals surface area contributed by atoms with Crippen molar-refractivity contribution in [1.82, 2.24) is 66.3 Å². The first kappa shape index (κ1) is 96.0. The molecule has 134 heavy (non-hydrogen) atoms. The van der Waals surface area contributed by atoms with Crippen LogP contribution in [-0.4, -0.2) is 143 Å². The first-order chi connectivity index (χ1) is 63.6. The standard InChI is InChI=1S/C16H24N2O2.C16H24O4.2C15H19N3O.C15H17N3O.C15H20N2O2.C14H20N2O.CH4/c1-14(2)12-5-4-11-10-17-18-13(11)15(12,3)6-7-16(14)19-8-9-20-16;1-14(2)12-5-4-11(10-17)13(18)15(12,3)6-7-16(14)19-8-9-20-16;1-14(2)11-5-4-9-7-16-18-12(9)15(11,3)6-10-8-17-19-13(10)14;2*1-14(2)11-6-5-9-8-17-18-12(9)15(11,3)7-10(16-4)13(14)19;1-14(2)11-5-4-9-7-16-17-12(9)15(11,3)6-10(8-18)13(14)19;1-13(2)10-5-4-9-8-15-16-12(9)14(10,3)7-6-11(13)17;/h10,12H,4-9H2,1-3H3,(H,17,18);10,12,17H,4-9H2,1-3H3;7-8,11H,4-6H2,1-3H3,(H,16,18);8,11,19H,5-7H2,1-3H3,(H,17,18);7-8,11H,5-6H2,1-3H3,(H,17,18);7-8,11,18H,4-6H2,1-3H3,(H,16,17);8,10H,4-7H2,1-3H3,(H,15,16);1H4/b;11-10+;;;;10-8-;;/t2*12-,15-;4*11-,15-;10-,14-;/m0000000./s1/i;;;;;;;1T. The summed E-state index contributed by atoms with van der Waals surface area (Å²) in [6.45, 7) is 62.9. The number of aromatic amines is 6. The number of aliphatic hydroxyl groups is 3. The molecule has 5 saturated carbocycles. The fraction of sp³-hybridized carbons (Fsp3) is 0.673. The van der Waals surface area contributed by atoms with E-state index in [4.69, 9.17) is 38.0 Å². The summed E-state index contributed by atoms with van der Waals surface area (Å²) >= 11 is 0. The van der Waals surface area contributed by atoms with Gasteiger partial charge < -0.3 is 43.6 Å². The van der Waals surface area contributed by atoms with Crippen molar-refractivity contribution in [3.05, 3.63) is 192 Å². The molecule has 16 aliphatic rings. The van der Waals surface area contributed by atoms with Crippen LogP contribution < -0.4 is 0 Å². The summed E-state index contributed by atoms with van der Waals surface area (Å²) in [6.07, 6.45) is 39.1. The number of nitrogens with one attached hydrogen (secondary N) is 6. The minimum atomic E-state index is -0.530. The Morgan fingerprint density at radius 2 is 0.746 bits per heavy atom. The molecule has 7 aromatic rings. The molecule has 27 nitrogen and oxygen atoms in total. The van der Waals surface area contributed by atoms with Crippen molar-refractivity contribution in [1.29, 1.82) is 0 Å². The number of Topliss-reactive ketones (excluding diaryl/α,β-unsaturated/α-hetero) is 4. The Kier molecular flexibility index (Phi) is 24.3. The third-order valence-corrected chi connectivity index (χ3v) is 38.3. The second-order valence-corrected chi connectivity index (χ2v) is 47.5. The zero-order chi connectivity index (χ0) is 97.6. The maximum Gasteiger partial charge on any atom is 0.226 e. The Hall–Kier alpha value is -9.67. The van der Waals surface area contributed by atoms with E-state index in [1.165, 1.54) is 76.3 Å². The van der Waals surface area contributed by atoms with Crippen molar-refractivity contribution >= 4 is 23.1 Å². The van der Waals surface area contributed by atoms with Gasteiger partial charge in [-0.05, 0) is 203 Å². The molecule has 0 bridgehead atoms. The van der Waals surface area contributed by atoms with Gasteiger partial charge in [0.25, 0.3) is 0 Å². The number of aliphatic hydroxyl groups excluding tert-OH is 3. The van der Waals surface area contributed by atoms with Crippen LogP contribution in [0.4, 0.5) is 0 Å². The minimum absolute atomic E-state index is 0.0204. The van der Waals surface area contributed by atoms with Gasteiger partial charge in [0.05, 0.1) is 95.5 Å². The van der Waals surface area contributed by atoms with Gasteiger partial charge in [-0.15, -0.1) is 0 Å². The molecule has 7 aromatic heterocycles. The van der Waals surface area contributed by atoms with Gasteiger partial charge >= 0.3 is 0 Å². The Balaban J connectivity index is 0.000000114. The Morgan fingerprint density at radius 1 is 0.381 bits per heavy atom. The molecule has 27 heteroatoms. The van der Waals surface area contributed by atoms with Crippen LogP contribution in [-0.2, 0) is 121 Å². The number of hydrogen-bond donors (Lipinski definition) is 9. The zero-order valence-electron chi connectivity index (χ0n) is 84.4. The average molecular weight is 1840 g/mol. The lowest BCUT2D eigenvalue weighted by Crippen LogP contribution is -2.61. The Labute approximate surface area is 792 Å². The maximum atomic E-state index is 12.7. The van der Waals surface area contributed by atoms with E-state index in [9.17, 15) is 34.5 Å². The predicted octanol–water partition coefficient (Wildman–Crippen LogP) is 20.4. The van der Waals surface area contributed by atoms with E-state index in [0.717, 1.165) is 158 Å². The number of allylic oxidation sites excluding steroid dienone is 6. The van der Waals surface area contributed by atoms with E-state index in [0.29, 0.717) is 85.2 Å². The fourth-order valence-electron chi connectivity index (χ4n) is 31.3.